The van der Waals surface area contributed by atoms with Crippen molar-refractivity contribution in [3.05, 3.63) is 59.4 Å². The van der Waals surface area contributed by atoms with Gasteiger partial charge in [-0.15, -0.1) is 0 Å². The van der Waals surface area contributed by atoms with Crippen molar-refractivity contribution in [2.75, 3.05) is 20.2 Å². The molecule has 0 radical (unpaired) electrons. The van der Waals surface area contributed by atoms with Crippen LogP contribution in [0.3, 0.4) is 0 Å². The van der Waals surface area contributed by atoms with Gasteiger partial charge < -0.3 is 10.1 Å². The summed E-state index contributed by atoms with van der Waals surface area (Å²) in [5.41, 5.74) is 0.933. The fourth-order valence-electron chi connectivity index (χ4n) is 3.13. The van der Waals surface area contributed by atoms with Gasteiger partial charge in [-0.3, -0.25) is 4.79 Å². The van der Waals surface area contributed by atoms with Gasteiger partial charge in [0.1, 0.15) is 0 Å². The molecule has 2 aromatic rings. The number of amides is 1. The van der Waals surface area contributed by atoms with E-state index in [1.54, 1.807) is 24.3 Å². The minimum atomic E-state index is -3.47. The number of piperidine rings is 1. The summed E-state index contributed by atoms with van der Waals surface area (Å²) >= 11 is 0. The molecule has 1 heterocycles. The third-order valence-corrected chi connectivity index (χ3v) is 6.66. The molecule has 0 atom stereocenters. The largest absolute Gasteiger partial charge is 0.494 e. The first-order chi connectivity index (χ1) is 13.4. The zero-order chi connectivity index (χ0) is 20.1. The average Bonchev–Trinajstić information content (AvgIpc) is 2.73. The molecule has 8 heteroatoms. The lowest BCUT2D eigenvalue weighted by Crippen LogP contribution is -2.35. The minimum Gasteiger partial charge on any atom is -0.494 e. The molecule has 0 aliphatic carbocycles. The Bertz CT molecular complexity index is 939. The SMILES string of the molecule is COc1ccc(C(=O)NCc2ccc(S(=O)(=O)N3CCCCC3)cc2)cc1F. The second-order valence-electron chi connectivity index (χ2n) is 6.64. The highest BCUT2D eigenvalue weighted by atomic mass is 32.2. The summed E-state index contributed by atoms with van der Waals surface area (Å²) in [5, 5.41) is 2.70. The first-order valence-corrected chi connectivity index (χ1v) is 10.6. The summed E-state index contributed by atoms with van der Waals surface area (Å²) in [6.07, 6.45) is 2.83. The van der Waals surface area contributed by atoms with Crippen LogP contribution in [0, 0.1) is 5.82 Å². The number of methoxy groups -OCH3 is 1. The molecule has 6 nitrogen and oxygen atoms in total. The molecule has 1 saturated heterocycles. The molecule has 28 heavy (non-hydrogen) atoms. The van der Waals surface area contributed by atoms with Gasteiger partial charge in [0, 0.05) is 25.2 Å². The molecule has 1 aliphatic heterocycles. The molecule has 1 amide bonds. The molecule has 0 bridgehead atoms. The molecule has 0 spiro atoms. The van der Waals surface area contributed by atoms with E-state index in [1.165, 1.54) is 23.5 Å². The van der Waals surface area contributed by atoms with Crippen LogP contribution >= 0.6 is 0 Å². The van der Waals surface area contributed by atoms with Crippen molar-refractivity contribution in [2.45, 2.75) is 30.7 Å². The van der Waals surface area contributed by atoms with E-state index in [-0.39, 0.29) is 22.8 Å². The Labute approximate surface area is 164 Å². The maximum absolute atomic E-state index is 13.7. The second-order valence-corrected chi connectivity index (χ2v) is 8.58. The lowest BCUT2D eigenvalue weighted by Gasteiger charge is -2.25. The normalized spacial score (nSPS) is 15.2. The van der Waals surface area contributed by atoms with Crippen molar-refractivity contribution in [3.8, 4) is 5.75 Å². The molecule has 0 unspecified atom stereocenters. The number of benzene rings is 2. The van der Waals surface area contributed by atoms with Gasteiger partial charge in [0.05, 0.1) is 12.0 Å². The maximum Gasteiger partial charge on any atom is 0.251 e. The summed E-state index contributed by atoms with van der Waals surface area (Å²) in [5.74, 6) is -0.962. The molecule has 3 rings (SSSR count). The molecule has 0 aromatic heterocycles. The van der Waals surface area contributed by atoms with Gasteiger partial charge in [-0.05, 0) is 48.7 Å². The first-order valence-electron chi connectivity index (χ1n) is 9.12. The molecular formula is C20H23FN2O4S. The van der Waals surface area contributed by atoms with Crippen molar-refractivity contribution in [1.29, 1.82) is 0 Å². The average molecular weight is 406 g/mol. The smallest absolute Gasteiger partial charge is 0.251 e. The second kappa shape index (κ2) is 8.70. The van der Waals surface area contributed by atoms with Crippen molar-refractivity contribution >= 4 is 15.9 Å². The third-order valence-electron chi connectivity index (χ3n) is 4.74. The van der Waals surface area contributed by atoms with E-state index in [2.05, 4.69) is 5.32 Å². The Morgan fingerprint density at radius 3 is 2.39 bits per heavy atom. The van der Waals surface area contributed by atoms with E-state index in [0.29, 0.717) is 13.1 Å². The van der Waals surface area contributed by atoms with E-state index in [9.17, 15) is 17.6 Å². The zero-order valence-electron chi connectivity index (χ0n) is 15.7. The first kappa shape index (κ1) is 20.3. The fraction of sp³-hybridized carbons (Fsp3) is 0.350. The lowest BCUT2D eigenvalue weighted by atomic mass is 10.2. The van der Waals surface area contributed by atoms with Crippen LogP contribution in [-0.2, 0) is 16.6 Å². The lowest BCUT2D eigenvalue weighted by molar-refractivity contribution is 0.0950. The summed E-state index contributed by atoms with van der Waals surface area (Å²) in [6.45, 7) is 1.31. The van der Waals surface area contributed by atoms with Gasteiger partial charge in [0.25, 0.3) is 5.91 Å². The monoisotopic (exact) mass is 406 g/mol. The predicted molar refractivity (Wildman–Crippen MR) is 103 cm³/mol. The van der Waals surface area contributed by atoms with Crippen LogP contribution in [0.5, 0.6) is 5.75 Å². The van der Waals surface area contributed by atoms with Crippen molar-refractivity contribution in [3.63, 3.8) is 0 Å². The number of rotatable bonds is 6. The number of hydrogen-bond acceptors (Lipinski definition) is 4. The van der Waals surface area contributed by atoms with Gasteiger partial charge in [-0.1, -0.05) is 18.6 Å². The number of nitrogens with zero attached hydrogens (tertiary/aromatic N) is 1. The quantitative estimate of drug-likeness (QED) is 0.800. The number of sulfonamides is 1. The number of nitrogens with one attached hydrogen (secondary N) is 1. The van der Waals surface area contributed by atoms with Gasteiger partial charge in [0.15, 0.2) is 11.6 Å². The van der Waals surface area contributed by atoms with Gasteiger partial charge >= 0.3 is 0 Å². The van der Waals surface area contributed by atoms with Crippen LogP contribution in [0.4, 0.5) is 4.39 Å². The van der Waals surface area contributed by atoms with E-state index in [4.69, 9.17) is 4.74 Å². The fourth-order valence-corrected chi connectivity index (χ4v) is 4.64. The Morgan fingerprint density at radius 2 is 1.79 bits per heavy atom. The molecule has 2 aromatic carbocycles. The molecule has 150 valence electrons. The van der Waals surface area contributed by atoms with Crippen molar-refractivity contribution < 1.29 is 22.3 Å². The molecule has 1 N–H and O–H groups in total. The van der Waals surface area contributed by atoms with Crippen molar-refractivity contribution in [1.82, 2.24) is 9.62 Å². The minimum absolute atomic E-state index is 0.0713. The summed E-state index contributed by atoms with van der Waals surface area (Å²) in [7, 11) is -2.12. The molecule has 1 fully saturated rings. The summed E-state index contributed by atoms with van der Waals surface area (Å²) < 4.78 is 45.4. The van der Waals surface area contributed by atoms with Crippen LogP contribution < -0.4 is 10.1 Å². The highest BCUT2D eigenvalue weighted by Gasteiger charge is 2.25. The maximum atomic E-state index is 13.7. The number of halogens is 1. The third kappa shape index (κ3) is 4.51. The van der Waals surface area contributed by atoms with Crippen molar-refractivity contribution in [2.24, 2.45) is 0 Å². The van der Waals surface area contributed by atoms with Gasteiger partial charge in [-0.2, -0.15) is 4.31 Å². The van der Waals surface area contributed by atoms with Gasteiger partial charge in [0.2, 0.25) is 10.0 Å². The van der Waals surface area contributed by atoms with E-state index in [1.807, 2.05) is 0 Å². The number of carbonyl (C=O) groups excluding carboxylic acids is 1. The van der Waals surface area contributed by atoms with Crippen LogP contribution in [0.1, 0.15) is 35.2 Å². The molecular weight excluding hydrogens is 383 g/mol. The number of hydrogen-bond donors (Lipinski definition) is 1. The standard InChI is InChI=1S/C20H23FN2O4S/c1-27-19-10-7-16(13-18(19)21)20(24)22-14-15-5-8-17(9-6-15)28(25,26)23-11-3-2-4-12-23/h5-10,13H,2-4,11-12,14H2,1H3,(H,22,24). The van der Waals surface area contributed by atoms with E-state index < -0.39 is 21.7 Å². The predicted octanol–water partition coefficient (Wildman–Crippen LogP) is 2.94. The Morgan fingerprint density at radius 1 is 1.11 bits per heavy atom. The highest BCUT2D eigenvalue weighted by molar-refractivity contribution is 7.89. The number of carbonyl (C=O) groups is 1. The Kier molecular flexibility index (Phi) is 6.31. The van der Waals surface area contributed by atoms with Crippen LogP contribution in [-0.4, -0.2) is 38.8 Å². The molecule has 1 aliphatic rings. The topological polar surface area (TPSA) is 75.7 Å². The zero-order valence-corrected chi connectivity index (χ0v) is 16.5. The Balaban J connectivity index is 1.63. The summed E-state index contributed by atoms with van der Waals surface area (Å²) in [6, 6.07) is 10.4. The summed E-state index contributed by atoms with van der Waals surface area (Å²) in [4.78, 5) is 12.4. The van der Waals surface area contributed by atoms with E-state index >= 15 is 0 Å². The van der Waals surface area contributed by atoms with E-state index in [0.717, 1.165) is 30.9 Å². The van der Waals surface area contributed by atoms with Crippen LogP contribution in [0.25, 0.3) is 0 Å². The number of ether oxygens (including phenoxy) is 1. The van der Waals surface area contributed by atoms with Crippen LogP contribution in [0.15, 0.2) is 47.4 Å². The highest BCUT2D eigenvalue weighted by Crippen LogP contribution is 2.21. The molecule has 0 saturated carbocycles. The van der Waals surface area contributed by atoms with Crippen LogP contribution in [0.2, 0.25) is 0 Å². The Hall–Kier alpha value is -2.45. The van der Waals surface area contributed by atoms with Gasteiger partial charge in [-0.25, -0.2) is 12.8 Å².